The van der Waals surface area contributed by atoms with Crippen LogP contribution in [0.25, 0.3) is 28.0 Å². The van der Waals surface area contributed by atoms with Crippen molar-refractivity contribution in [2.75, 3.05) is 39.8 Å². The molecule has 5 heteroatoms. The lowest BCUT2D eigenvalue weighted by Gasteiger charge is -2.52. The molecule has 0 N–H and O–H groups in total. The highest BCUT2D eigenvalue weighted by Crippen LogP contribution is 2.67. The van der Waals surface area contributed by atoms with Gasteiger partial charge < -0.3 is 23.8 Å². The molecule has 0 saturated heterocycles. The lowest BCUT2D eigenvalue weighted by atomic mass is 9.52. The average Bonchev–Trinajstić information content (AvgIpc) is 3.41. The van der Waals surface area contributed by atoms with Crippen LogP contribution < -0.4 is 23.8 Å². The second-order valence-electron chi connectivity index (χ2n) is 17.5. The molecular formula is C48H51NO4. The number of methoxy groups -OCH3 is 3. The molecule has 272 valence electrons. The third kappa shape index (κ3) is 4.95. The lowest BCUT2D eigenvalue weighted by Crippen LogP contribution is -2.44. The van der Waals surface area contributed by atoms with E-state index >= 15 is 0 Å². The third-order valence-corrected chi connectivity index (χ3v) is 12.6. The number of fused-ring (bicyclic) bond motifs is 12. The predicted octanol–water partition coefficient (Wildman–Crippen LogP) is 11.1. The fourth-order valence-corrected chi connectivity index (χ4v) is 11.4. The summed E-state index contributed by atoms with van der Waals surface area (Å²) in [5.74, 6) is 3.45. The van der Waals surface area contributed by atoms with E-state index in [0.29, 0.717) is 0 Å². The quantitative estimate of drug-likeness (QED) is 0.182. The number of hydrogen-bond acceptors (Lipinski definition) is 5. The van der Waals surface area contributed by atoms with Gasteiger partial charge in [0.15, 0.2) is 5.60 Å². The number of aryl methyl sites for hydroxylation is 1. The molecule has 5 aromatic carbocycles. The van der Waals surface area contributed by atoms with Crippen LogP contribution in [0, 0.1) is 10.8 Å². The van der Waals surface area contributed by atoms with E-state index < -0.39 is 5.60 Å². The first kappa shape index (κ1) is 33.9. The molecule has 2 aliphatic heterocycles. The molecule has 0 amide bonds. The maximum atomic E-state index is 7.79. The van der Waals surface area contributed by atoms with Crippen LogP contribution in [0.5, 0.6) is 23.0 Å². The molecule has 0 radical (unpaired) electrons. The van der Waals surface area contributed by atoms with E-state index in [1.54, 1.807) is 21.3 Å². The van der Waals surface area contributed by atoms with E-state index in [4.69, 9.17) is 18.9 Å². The number of rotatable bonds is 5. The first-order valence-electron chi connectivity index (χ1n) is 19.2. The largest absolute Gasteiger partial charge is 0.497 e. The Bertz CT molecular complexity index is 2230. The van der Waals surface area contributed by atoms with Crippen LogP contribution in [0.1, 0.15) is 86.8 Å². The maximum absolute atomic E-state index is 7.79. The fraction of sp³-hybridized carbons (Fsp3) is 0.375. The topological polar surface area (TPSA) is 40.2 Å². The Morgan fingerprint density at radius 3 is 1.96 bits per heavy atom. The molecular weight excluding hydrogens is 655 g/mol. The maximum Gasteiger partial charge on any atom is 0.178 e. The molecule has 5 nitrogen and oxygen atoms in total. The second-order valence-corrected chi connectivity index (χ2v) is 17.5. The Balaban J connectivity index is 1.43. The van der Waals surface area contributed by atoms with Crippen molar-refractivity contribution in [2.24, 2.45) is 10.8 Å². The van der Waals surface area contributed by atoms with Crippen molar-refractivity contribution in [1.29, 1.82) is 0 Å². The zero-order chi connectivity index (χ0) is 36.9. The Morgan fingerprint density at radius 1 is 0.736 bits per heavy atom. The Kier molecular flexibility index (Phi) is 7.55. The van der Waals surface area contributed by atoms with Crippen molar-refractivity contribution >= 4 is 22.5 Å². The molecule has 9 rings (SSSR count). The van der Waals surface area contributed by atoms with Crippen LogP contribution in [-0.2, 0) is 17.4 Å². The van der Waals surface area contributed by atoms with Gasteiger partial charge in [0.05, 0.1) is 27.0 Å². The zero-order valence-corrected chi connectivity index (χ0v) is 32.5. The molecule has 0 atom stereocenters. The Morgan fingerprint density at radius 2 is 1.36 bits per heavy atom. The molecule has 1 fully saturated rings. The summed E-state index contributed by atoms with van der Waals surface area (Å²) in [7, 11) is 7.44. The number of hydrogen-bond donors (Lipinski definition) is 0. The summed E-state index contributed by atoms with van der Waals surface area (Å²) in [4.78, 5) is 2.40. The van der Waals surface area contributed by atoms with Gasteiger partial charge in [-0.25, -0.2) is 0 Å². The molecule has 53 heavy (non-hydrogen) atoms. The molecule has 1 saturated carbocycles. The minimum Gasteiger partial charge on any atom is -0.497 e. The average molecular weight is 706 g/mol. The van der Waals surface area contributed by atoms with E-state index in [1.165, 1.54) is 50.9 Å². The molecule has 0 aromatic heterocycles. The van der Waals surface area contributed by atoms with E-state index in [9.17, 15) is 0 Å². The Hall–Kier alpha value is -4.90. The minimum absolute atomic E-state index is 0.146. The fourth-order valence-electron chi connectivity index (χ4n) is 11.4. The highest BCUT2D eigenvalue weighted by molar-refractivity contribution is 6.12. The smallest absolute Gasteiger partial charge is 0.178 e. The van der Waals surface area contributed by atoms with Crippen molar-refractivity contribution in [3.05, 3.63) is 118 Å². The highest BCUT2D eigenvalue weighted by atomic mass is 16.5. The summed E-state index contributed by atoms with van der Waals surface area (Å²) in [5.41, 5.74) is 10.7. The van der Waals surface area contributed by atoms with E-state index in [1.807, 2.05) is 24.3 Å². The standard InChI is InChI=1S/C48H51NO4/c1-45(2)27-46(3,4)29-47(28-45)38-14-10-9-12-34(38)41-40-35-13-11-25-49(5)43(35)39(52-8)26-37(40)44-36(42(41)47)23-24-48(53-44,30-15-19-32(50-6)20-16-30)31-17-21-33(51-7)22-18-31/h9-10,12,14-24,26H,11,13,25,27-29H2,1-8H3. The summed E-state index contributed by atoms with van der Waals surface area (Å²) >= 11 is 0. The summed E-state index contributed by atoms with van der Waals surface area (Å²) < 4.78 is 25.3. The zero-order valence-electron chi connectivity index (χ0n) is 32.5. The van der Waals surface area contributed by atoms with Gasteiger partial charge in [0.1, 0.15) is 23.0 Å². The third-order valence-electron chi connectivity index (χ3n) is 12.6. The number of benzene rings is 5. The molecule has 2 heterocycles. The van der Waals surface area contributed by atoms with Crippen LogP contribution in [-0.4, -0.2) is 34.9 Å². The first-order chi connectivity index (χ1) is 25.4. The van der Waals surface area contributed by atoms with Crippen LogP contribution in [0.2, 0.25) is 0 Å². The van der Waals surface area contributed by atoms with Crippen LogP contribution in [0.15, 0.2) is 84.9 Å². The highest BCUT2D eigenvalue weighted by Gasteiger charge is 2.56. The molecule has 5 aromatic rings. The van der Waals surface area contributed by atoms with Gasteiger partial charge >= 0.3 is 0 Å². The molecule has 0 unspecified atom stereocenters. The predicted molar refractivity (Wildman–Crippen MR) is 216 cm³/mol. The van der Waals surface area contributed by atoms with Crippen LogP contribution >= 0.6 is 0 Å². The van der Waals surface area contributed by atoms with E-state index in [2.05, 4.69) is 106 Å². The second kappa shape index (κ2) is 11.8. The lowest BCUT2D eigenvalue weighted by molar-refractivity contribution is 0.0642. The van der Waals surface area contributed by atoms with Gasteiger partial charge in [-0.1, -0.05) is 82.3 Å². The molecule has 1 spiro atoms. The van der Waals surface area contributed by atoms with Gasteiger partial charge in [0, 0.05) is 41.1 Å². The SMILES string of the molecule is COc1ccc(C2(c3ccc(OC)cc3)C=Cc3c4c(c5c6c(c(OC)cc5c3O2)N(C)CCC6)-c2ccccc2C42CC(C)(C)CC(C)(C)C2)cc1. The normalized spacial score (nSPS) is 19.5. The van der Waals surface area contributed by atoms with Crippen molar-refractivity contribution < 1.29 is 18.9 Å². The summed E-state index contributed by atoms with van der Waals surface area (Å²) in [6.45, 7) is 10.9. The van der Waals surface area contributed by atoms with Crippen molar-refractivity contribution in [1.82, 2.24) is 0 Å². The van der Waals surface area contributed by atoms with E-state index in [-0.39, 0.29) is 16.2 Å². The van der Waals surface area contributed by atoms with Gasteiger partial charge in [0.25, 0.3) is 0 Å². The Labute approximate surface area is 314 Å². The van der Waals surface area contributed by atoms with Crippen molar-refractivity contribution in [3.63, 3.8) is 0 Å². The molecule has 0 bridgehead atoms. The molecule has 4 aliphatic rings. The van der Waals surface area contributed by atoms with Gasteiger partial charge in [-0.3, -0.25) is 0 Å². The summed E-state index contributed by atoms with van der Waals surface area (Å²) in [5, 5.41) is 2.43. The van der Waals surface area contributed by atoms with Gasteiger partial charge in [-0.15, -0.1) is 0 Å². The van der Waals surface area contributed by atoms with Gasteiger partial charge in [-0.2, -0.15) is 0 Å². The summed E-state index contributed by atoms with van der Waals surface area (Å²) in [6, 6.07) is 28.2. The van der Waals surface area contributed by atoms with E-state index in [0.717, 1.165) is 71.7 Å². The van der Waals surface area contributed by atoms with Crippen LogP contribution in [0.3, 0.4) is 0 Å². The first-order valence-corrected chi connectivity index (χ1v) is 19.2. The van der Waals surface area contributed by atoms with Crippen LogP contribution in [0.4, 0.5) is 5.69 Å². The van der Waals surface area contributed by atoms with Crippen molar-refractivity contribution in [2.45, 2.75) is 70.8 Å². The number of nitrogens with zero attached hydrogens (tertiary/aromatic N) is 1. The molecule has 2 aliphatic carbocycles. The van der Waals surface area contributed by atoms with Gasteiger partial charge in [-0.05, 0) is 113 Å². The van der Waals surface area contributed by atoms with Crippen molar-refractivity contribution in [3.8, 4) is 34.1 Å². The number of anilines is 1. The summed E-state index contributed by atoms with van der Waals surface area (Å²) in [6.07, 6.45) is 10.1. The monoisotopic (exact) mass is 705 g/mol. The number of ether oxygens (including phenoxy) is 4. The minimum atomic E-state index is -0.906. The van der Waals surface area contributed by atoms with Gasteiger partial charge in [0.2, 0.25) is 0 Å².